The zero-order valence-corrected chi connectivity index (χ0v) is 14.0. The van der Waals surface area contributed by atoms with Crippen LogP contribution in [0.5, 0.6) is 0 Å². The molecular formula is C13H20BrNO3S. The van der Waals surface area contributed by atoms with E-state index in [9.17, 15) is 8.42 Å². The maximum atomic E-state index is 12.6. The first-order valence-corrected chi connectivity index (χ1v) is 8.28. The molecule has 1 rings (SSSR count). The minimum Gasteiger partial charge on any atom is -0.392 e. The van der Waals surface area contributed by atoms with E-state index in [-0.39, 0.29) is 11.5 Å². The van der Waals surface area contributed by atoms with E-state index in [1.165, 1.54) is 10.4 Å². The highest BCUT2D eigenvalue weighted by Crippen LogP contribution is 2.30. The van der Waals surface area contributed by atoms with Crippen molar-refractivity contribution >= 4 is 26.0 Å². The van der Waals surface area contributed by atoms with Crippen LogP contribution in [0.25, 0.3) is 0 Å². The maximum Gasteiger partial charge on any atom is 0.244 e. The Hall–Kier alpha value is -0.430. The van der Waals surface area contributed by atoms with Gasteiger partial charge in [0.15, 0.2) is 0 Å². The average molecular weight is 350 g/mol. The fourth-order valence-corrected chi connectivity index (χ4v) is 4.21. The summed E-state index contributed by atoms with van der Waals surface area (Å²) in [6.07, 6.45) is 0.717. The second-order valence-corrected chi connectivity index (χ2v) is 7.85. The second-order valence-electron chi connectivity index (χ2n) is 5.06. The van der Waals surface area contributed by atoms with Crippen molar-refractivity contribution in [2.75, 3.05) is 7.05 Å². The molecule has 1 aromatic rings. The molecule has 4 nitrogen and oxygen atoms in total. The summed E-state index contributed by atoms with van der Waals surface area (Å²) in [5.41, 5.74) is 0.219. The molecule has 1 aromatic carbocycles. The van der Waals surface area contributed by atoms with E-state index in [1.807, 2.05) is 20.8 Å². The van der Waals surface area contributed by atoms with E-state index < -0.39 is 15.6 Å². The summed E-state index contributed by atoms with van der Waals surface area (Å²) < 4.78 is 27.0. The normalized spacial score (nSPS) is 13.0. The first-order chi connectivity index (χ1) is 8.66. The fourth-order valence-electron chi connectivity index (χ4n) is 1.55. The quantitative estimate of drug-likeness (QED) is 0.888. The summed E-state index contributed by atoms with van der Waals surface area (Å²) in [6.45, 7) is 5.62. The van der Waals surface area contributed by atoms with Gasteiger partial charge in [0.1, 0.15) is 0 Å². The van der Waals surface area contributed by atoms with Gasteiger partial charge in [0.2, 0.25) is 10.0 Å². The number of hydrogen-bond acceptors (Lipinski definition) is 3. The standard InChI is InChI=1S/C13H20BrNO3S/c1-5-13(2,3)15(4)19(17,18)12-7-6-10(9-16)8-11(12)14/h6-8,16H,5,9H2,1-4H3. The van der Waals surface area contributed by atoms with Crippen LogP contribution < -0.4 is 0 Å². The molecule has 0 amide bonds. The summed E-state index contributed by atoms with van der Waals surface area (Å²) in [4.78, 5) is 0.216. The Labute approximate surface area is 123 Å². The largest absolute Gasteiger partial charge is 0.392 e. The summed E-state index contributed by atoms with van der Waals surface area (Å²) >= 11 is 3.26. The Balaban J connectivity index is 3.28. The number of nitrogens with zero attached hydrogens (tertiary/aromatic N) is 1. The van der Waals surface area contributed by atoms with Gasteiger partial charge in [-0.25, -0.2) is 8.42 Å². The number of benzene rings is 1. The van der Waals surface area contributed by atoms with Crippen molar-refractivity contribution in [2.24, 2.45) is 0 Å². The van der Waals surface area contributed by atoms with E-state index in [4.69, 9.17) is 5.11 Å². The Morgan fingerprint density at radius 3 is 2.37 bits per heavy atom. The van der Waals surface area contributed by atoms with E-state index in [1.54, 1.807) is 19.2 Å². The molecule has 0 unspecified atom stereocenters. The topological polar surface area (TPSA) is 57.6 Å². The molecule has 0 spiro atoms. The summed E-state index contributed by atoms with van der Waals surface area (Å²) in [5.74, 6) is 0. The Morgan fingerprint density at radius 2 is 1.95 bits per heavy atom. The number of hydrogen-bond donors (Lipinski definition) is 1. The molecular weight excluding hydrogens is 330 g/mol. The molecule has 0 saturated carbocycles. The van der Waals surface area contributed by atoms with E-state index in [0.717, 1.165) is 6.42 Å². The molecule has 0 bridgehead atoms. The average Bonchev–Trinajstić information content (AvgIpc) is 2.37. The van der Waals surface area contributed by atoms with Crippen LogP contribution in [0.1, 0.15) is 32.8 Å². The van der Waals surface area contributed by atoms with Crippen LogP contribution in [-0.4, -0.2) is 30.4 Å². The predicted octanol–water partition coefficient (Wildman–Crippen LogP) is 2.75. The lowest BCUT2D eigenvalue weighted by Gasteiger charge is -2.33. The summed E-state index contributed by atoms with van der Waals surface area (Å²) in [6, 6.07) is 4.76. The van der Waals surface area contributed by atoms with Crippen LogP contribution in [-0.2, 0) is 16.6 Å². The SMILES string of the molecule is CCC(C)(C)N(C)S(=O)(=O)c1ccc(CO)cc1Br. The van der Waals surface area contributed by atoms with Crippen molar-refractivity contribution in [3.63, 3.8) is 0 Å². The van der Waals surface area contributed by atoms with Crippen molar-refractivity contribution in [1.29, 1.82) is 0 Å². The lowest BCUT2D eigenvalue weighted by molar-refractivity contribution is 0.257. The van der Waals surface area contributed by atoms with Crippen LogP contribution in [0.3, 0.4) is 0 Å². The van der Waals surface area contributed by atoms with E-state index in [0.29, 0.717) is 10.0 Å². The minimum atomic E-state index is -3.56. The summed E-state index contributed by atoms with van der Waals surface area (Å²) in [7, 11) is -1.97. The van der Waals surface area contributed by atoms with Gasteiger partial charge in [-0.05, 0) is 53.9 Å². The van der Waals surface area contributed by atoms with Crippen LogP contribution in [0.2, 0.25) is 0 Å². The Bertz CT molecular complexity index is 555. The molecule has 0 atom stereocenters. The fraction of sp³-hybridized carbons (Fsp3) is 0.538. The van der Waals surface area contributed by atoms with Gasteiger partial charge in [0, 0.05) is 17.1 Å². The van der Waals surface area contributed by atoms with Gasteiger partial charge in [-0.15, -0.1) is 0 Å². The van der Waals surface area contributed by atoms with E-state index in [2.05, 4.69) is 15.9 Å². The van der Waals surface area contributed by atoms with Gasteiger partial charge in [0.05, 0.1) is 11.5 Å². The van der Waals surface area contributed by atoms with Crippen molar-refractivity contribution in [2.45, 2.75) is 44.2 Å². The third kappa shape index (κ3) is 3.37. The molecule has 108 valence electrons. The van der Waals surface area contributed by atoms with Crippen molar-refractivity contribution in [3.05, 3.63) is 28.2 Å². The van der Waals surface area contributed by atoms with Crippen molar-refractivity contribution < 1.29 is 13.5 Å². The van der Waals surface area contributed by atoms with Gasteiger partial charge in [-0.1, -0.05) is 13.0 Å². The lowest BCUT2D eigenvalue weighted by atomic mass is 10.0. The molecule has 1 N–H and O–H groups in total. The maximum absolute atomic E-state index is 12.6. The zero-order valence-electron chi connectivity index (χ0n) is 11.6. The predicted molar refractivity (Wildman–Crippen MR) is 79.4 cm³/mol. The zero-order chi connectivity index (χ0) is 14.8. The molecule has 0 radical (unpaired) electrons. The highest BCUT2D eigenvalue weighted by molar-refractivity contribution is 9.10. The third-order valence-electron chi connectivity index (χ3n) is 3.53. The van der Waals surface area contributed by atoms with Crippen molar-refractivity contribution in [3.8, 4) is 0 Å². The van der Waals surface area contributed by atoms with Gasteiger partial charge < -0.3 is 5.11 Å². The number of halogens is 1. The number of sulfonamides is 1. The lowest BCUT2D eigenvalue weighted by Crippen LogP contribution is -2.44. The van der Waals surface area contributed by atoms with Crippen LogP contribution in [0.15, 0.2) is 27.6 Å². The summed E-state index contributed by atoms with van der Waals surface area (Å²) in [5, 5.41) is 9.05. The van der Waals surface area contributed by atoms with Gasteiger partial charge in [0.25, 0.3) is 0 Å². The minimum absolute atomic E-state index is 0.116. The van der Waals surface area contributed by atoms with E-state index >= 15 is 0 Å². The molecule has 0 aromatic heterocycles. The highest BCUT2D eigenvalue weighted by atomic mass is 79.9. The molecule has 19 heavy (non-hydrogen) atoms. The van der Waals surface area contributed by atoms with Gasteiger partial charge >= 0.3 is 0 Å². The smallest absolute Gasteiger partial charge is 0.244 e. The molecule has 0 heterocycles. The molecule has 0 aliphatic carbocycles. The molecule has 6 heteroatoms. The van der Waals surface area contributed by atoms with Crippen LogP contribution >= 0.6 is 15.9 Å². The number of rotatable bonds is 5. The third-order valence-corrected chi connectivity index (χ3v) is 6.58. The Kier molecular flexibility index (Phi) is 5.17. The molecule has 0 aliphatic rings. The highest BCUT2D eigenvalue weighted by Gasteiger charge is 2.33. The number of aliphatic hydroxyl groups excluding tert-OH is 1. The second kappa shape index (κ2) is 5.91. The monoisotopic (exact) mass is 349 g/mol. The number of aliphatic hydroxyl groups is 1. The molecule has 0 fully saturated rings. The van der Waals surface area contributed by atoms with Crippen molar-refractivity contribution in [1.82, 2.24) is 4.31 Å². The van der Waals surface area contributed by atoms with Crippen LogP contribution in [0.4, 0.5) is 0 Å². The molecule has 0 aliphatic heterocycles. The van der Waals surface area contributed by atoms with Gasteiger partial charge in [-0.3, -0.25) is 0 Å². The Morgan fingerprint density at radius 1 is 1.37 bits per heavy atom. The van der Waals surface area contributed by atoms with Crippen LogP contribution in [0, 0.1) is 0 Å². The molecule has 0 saturated heterocycles. The first kappa shape index (κ1) is 16.6. The first-order valence-electron chi connectivity index (χ1n) is 6.05. The van der Waals surface area contributed by atoms with Gasteiger partial charge in [-0.2, -0.15) is 4.31 Å².